The molecule has 130 valence electrons. The minimum atomic E-state index is -0.583. The first-order chi connectivity index (χ1) is 12.6. The molecule has 8 heteroatoms. The number of aromatic nitrogens is 4. The smallest absolute Gasteiger partial charge is 0.247 e. The number of nitrogens with one attached hydrogen (secondary N) is 2. The lowest BCUT2D eigenvalue weighted by molar-refractivity contribution is -0.119. The molecule has 1 aromatic heterocycles. The molecule has 0 radical (unpaired) electrons. The third kappa shape index (κ3) is 2.99. The Kier molecular flexibility index (Phi) is 4.26. The molecule has 1 aliphatic heterocycles. The highest BCUT2D eigenvalue weighted by molar-refractivity contribution is 9.10. The van der Waals surface area contributed by atoms with Crippen molar-refractivity contribution >= 4 is 33.5 Å². The lowest BCUT2D eigenvalue weighted by Gasteiger charge is -2.33. The van der Waals surface area contributed by atoms with E-state index < -0.39 is 12.0 Å². The minimum Gasteiger partial charge on any atom is -0.326 e. The molecule has 1 amide bonds. The molecule has 3 aromatic rings. The van der Waals surface area contributed by atoms with Gasteiger partial charge in [-0.25, -0.2) is 4.68 Å². The summed E-state index contributed by atoms with van der Waals surface area (Å²) in [6.07, 6.45) is 0. The standard InChI is InChI=1S/C18H15BrN6O/c1-11-15(17(26)21-14-8-3-2-4-9-14)16(12-6-5-7-13(19)10-12)25-18(20-11)22-23-24-25/h2-10,15-16H,1H2,(H,21,26)(H,20,22,24). The monoisotopic (exact) mass is 410 g/mol. The van der Waals surface area contributed by atoms with Crippen molar-refractivity contribution in [2.24, 2.45) is 5.92 Å². The number of anilines is 2. The highest BCUT2D eigenvalue weighted by Crippen LogP contribution is 2.38. The fourth-order valence-electron chi connectivity index (χ4n) is 3.08. The second-order valence-corrected chi connectivity index (χ2v) is 6.85. The van der Waals surface area contributed by atoms with Gasteiger partial charge in [0.05, 0.1) is 6.04 Å². The van der Waals surface area contributed by atoms with Crippen LogP contribution in [-0.4, -0.2) is 26.1 Å². The van der Waals surface area contributed by atoms with Crippen LogP contribution < -0.4 is 10.6 Å². The lowest BCUT2D eigenvalue weighted by Crippen LogP contribution is -2.39. The summed E-state index contributed by atoms with van der Waals surface area (Å²) in [7, 11) is 0. The molecule has 1 aliphatic rings. The SMILES string of the molecule is C=C1Nc2nnnn2C(c2cccc(Br)c2)C1C(=O)Nc1ccccc1. The van der Waals surface area contributed by atoms with Gasteiger partial charge in [-0.3, -0.25) is 4.79 Å². The number of amides is 1. The van der Waals surface area contributed by atoms with Gasteiger partial charge < -0.3 is 10.6 Å². The number of para-hydroxylation sites is 1. The van der Waals surface area contributed by atoms with Crippen molar-refractivity contribution in [1.82, 2.24) is 20.2 Å². The van der Waals surface area contributed by atoms with Crippen LogP contribution in [0.4, 0.5) is 11.6 Å². The number of fused-ring (bicyclic) bond motifs is 1. The van der Waals surface area contributed by atoms with Crippen molar-refractivity contribution in [2.75, 3.05) is 10.6 Å². The van der Waals surface area contributed by atoms with E-state index in [0.717, 1.165) is 15.7 Å². The fraction of sp³-hybridized carbons (Fsp3) is 0.111. The molecule has 7 nitrogen and oxygen atoms in total. The van der Waals surface area contributed by atoms with Crippen molar-refractivity contribution in [3.05, 3.63) is 76.9 Å². The number of hydrogen-bond acceptors (Lipinski definition) is 5. The Bertz CT molecular complexity index is 971. The molecule has 0 saturated heterocycles. The third-order valence-corrected chi connectivity index (χ3v) is 4.73. The Morgan fingerprint density at radius 2 is 2.00 bits per heavy atom. The van der Waals surface area contributed by atoms with Crippen LogP contribution in [0.25, 0.3) is 0 Å². The predicted molar refractivity (Wildman–Crippen MR) is 101 cm³/mol. The summed E-state index contributed by atoms with van der Waals surface area (Å²) in [5.74, 6) is -0.302. The molecule has 2 heterocycles. The van der Waals surface area contributed by atoms with Crippen molar-refractivity contribution in [1.29, 1.82) is 0 Å². The molecule has 4 rings (SSSR count). The van der Waals surface area contributed by atoms with Crippen molar-refractivity contribution < 1.29 is 4.79 Å². The molecule has 0 aliphatic carbocycles. The number of carbonyl (C=O) groups is 1. The van der Waals surface area contributed by atoms with E-state index in [2.05, 4.69) is 48.7 Å². The number of hydrogen-bond donors (Lipinski definition) is 2. The molecule has 0 saturated carbocycles. The third-order valence-electron chi connectivity index (χ3n) is 4.23. The van der Waals surface area contributed by atoms with Gasteiger partial charge in [0, 0.05) is 15.9 Å². The van der Waals surface area contributed by atoms with Crippen molar-refractivity contribution in [3.63, 3.8) is 0 Å². The first-order valence-corrected chi connectivity index (χ1v) is 8.78. The Morgan fingerprint density at radius 3 is 2.77 bits per heavy atom. The molecule has 2 unspecified atom stereocenters. The molecular weight excluding hydrogens is 396 g/mol. The summed E-state index contributed by atoms with van der Waals surface area (Å²) in [5.41, 5.74) is 2.18. The van der Waals surface area contributed by atoms with E-state index in [1.807, 2.05) is 54.6 Å². The lowest BCUT2D eigenvalue weighted by atomic mass is 9.88. The molecule has 26 heavy (non-hydrogen) atoms. The van der Waals surface area contributed by atoms with Gasteiger partial charge in [0.15, 0.2) is 0 Å². The number of benzene rings is 2. The van der Waals surface area contributed by atoms with Crippen LogP contribution >= 0.6 is 15.9 Å². The number of halogens is 1. The van der Waals surface area contributed by atoms with Crippen molar-refractivity contribution in [2.45, 2.75) is 6.04 Å². The molecule has 2 aromatic carbocycles. The number of rotatable bonds is 3. The van der Waals surface area contributed by atoms with Gasteiger partial charge in [0.2, 0.25) is 11.9 Å². The zero-order valence-corrected chi connectivity index (χ0v) is 15.2. The molecule has 0 bridgehead atoms. The van der Waals surface area contributed by atoms with Gasteiger partial charge in [-0.05, 0) is 40.3 Å². The highest BCUT2D eigenvalue weighted by Gasteiger charge is 2.40. The maximum Gasteiger partial charge on any atom is 0.247 e. The van der Waals surface area contributed by atoms with E-state index in [0.29, 0.717) is 11.6 Å². The molecule has 0 spiro atoms. The van der Waals surface area contributed by atoms with Gasteiger partial charge in [0.1, 0.15) is 5.92 Å². The summed E-state index contributed by atoms with van der Waals surface area (Å²) in [6, 6.07) is 16.7. The normalized spacial score (nSPS) is 18.7. The molecule has 2 N–H and O–H groups in total. The second-order valence-electron chi connectivity index (χ2n) is 5.93. The number of nitrogens with zero attached hydrogens (tertiary/aromatic N) is 4. The van der Waals surface area contributed by atoms with Crippen LogP contribution in [0.5, 0.6) is 0 Å². The predicted octanol–water partition coefficient (Wildman–Crippen LogP) is 3.22. The summed E-state index contributed by atoms with van der Waals surface area (Å²) in [4.78, 5) is 13.1. The summed E-state index contributed by atoms with van der Waals surface area (Å²) >= 11 is 3.49. The molecule has 0 fully saturated rings. The van der Waals surface area contributed by atoms with Gasteiger partial charge in [-0.1, -0.05) is 57.9 Å². The maximum atomic E-state index is 13.1. The van der Waals surface area contributed by atoms with Crippen LogP contribution in [-0.2, 0) is 4.79 Å². The Morgan fingerprint density at radius 1 is 1.19 bits per heavy atom. The largest absolute Gasteiger partial charge is 0.326 e. The quantitative estimate of drug-likeness (QED) is 0.692. The van der Waals surface area contributed by atoms with E-state index in [-0.39, 0.29) is 5.91 Å². The van der Waals surface area contributed by atoms with E-state index in [1.54, 1.807) is 4.68 Å². The first kappa shape index (κ1) is 16.5. The fourth-order valence-corrected chi connectivity index (χ4v) is 3.50. The molecule has 2 atom stereocenters. The number of tetrazole rings is 1. The highest BCUT2D eigenvalue weighted by atomic mass is 79.9. The summed E-state index contributed by atoms with van der Waals surface area (Å²) < 4.78 is 2.53. The zero-order valence-electron chi connectivity index (χ0n) is 13.6. The number of carbonyl (C=O) groups excluding carboxylic acids is 1. The van der Waals surface area contributed by atoms with E-state index in [1.165, 1.54) is 0 Å². The van der Waals surface area contributed by atoms with E-state index in [4.69, 9.17) is 0 Å². The van der Waals surface area contributed by atoms with Gasteiger partial charge >= 0.3 is 0 Å². The Labute approximate surface area is 158 Å². The Hall–Kier alpha value is -3.00. The van der Waals surface area contributed by atoms with Gasteiger partial charge in [0.25, 0.3) is 0 Å². The maximum absolute atomic E-state index is 13.1. The second kappa shape index (κ2) is 6.72. The van der Waals surface area contributed by atoms with E-state index >= 15 is 0 Å². The van der Waals surface area contributed by atoms with Gasteiger partial charge in [-0.15, -0.1) is 0 Å². The topological polar surface area (TPSA) is 84.7 Å². The van der Waals surface area contributed by atoms with Crippen LogP contribution in [0, 0.1) is 5.92 Å². The van der Waals surface area contributed by atoms with Crippen LogP contribution in [0.3, 0.4) is 0 Å². The van der Waals surface area contributed by atoms with Crippen LogP contribution in [0.2, 0.25) is 0 Å². The minimum absolute atomic E-state index is 0.181. The Balaban J connectivity index is 1.75. The average molecular weight is 411 g/mol. The average Bonchev–Trinajstić information content (AvgIpc) is 3.09. The van der Waals surface area contributed by atoms with Crippen LogP contribution in [0.1, 0.15) is 11.6 Å². The van der Waals surface area contributed by atoms with Gasteiger partial charge in [-0.2, -0.15) is 0 Å². The van der Waals surface area contributed by atoms with E-state index in [9.17, 15) is 4.79 Å². The summed E-state index contributed by atoms with van der Waals surface area (Å²) in [6.45, 7) is 4.04. The van der Waals surface area contributed by atoms with Crippen molar-refractivity contribution in [3.8, 4) is 0 Å². The van der Waals surface area contributed by atoms with Crippen LogP contribution in [0.15, 0.2) is 71.3 Å². The molecular formula is C18H15BrN6O. The summed E-state index contributed by atoms with van der Waals surface area (Å²) in [5, 5.41) is 17.8. The first-order valence-electron chi connectivity index (χ1n) is 7.98. The zero-order chi connectivity index (χ0) is 18.1.